The molecule has 8 heteroatoms. The Morgan fingerprint density at radius 3 is 2.54 bits per heavy atom. The van der Waals surface area contributed by atoms with Crippen LogP contribution in [-0.4, -0.2) is 26.1 Å². The van der Waals surface area contributed by atoms with Crippen molar-refractivity contribution in [3.63, 3.8) is 0 Å². The van der Waals surface area contributed by atoms with Gasteiger partial charge in [-0.25, -0.2) is 4.68 Å². The standard InChI is InChI=1S/C16H13Cl2N5O/c1-10(14-7-4-12(17)8-15(14)18)20-16(24)11-2-5-13(6-3-11)23-9-19-21-22-23/h2-10H,1H3,(H,20,24). The van der Waals surface area contributed by atoms with Gasteiger partial charge < -0.3 is 5.32 Å². The lowest BCUT2D eigenvalue weighted by molar-refractivity contribution is 0.0940. The lowest BCUT2D eigenvalue weighted by Crippen LogP contribution is -2.26. The second kappa shape index (κ2) is 6.98. The molecule has 1 aromatic heterocycles. The van der Waals surface area contributed by atoms with Gasteiger partial charge in [-0.3, -0.25) is 4.79 Å². The number of hydrogen-bond donors (Lipinski definition) is 1. The van der Waals surface area contributed by atoms with Crippen molar-refractivity contribution in [1.29, 1.82) is 0 Å². The molecule has 0 spiro atoms. The maximum atomic E-state index is 12.4. The van der Waals surface area contributed by atoms with E-state index in [0.29, 0.717) is 15.6 Å². The van der Waals surface area contributed by atoms with E-state index >= 15 is 0 Å². The molecule has 0 aliphatic rings. The second-order valence-electron chi connectivity index (χ2n) is 5.16. The summed E-state index contributed by atoms with van der Waals surface area (Å²) in [5.74, 6) is -0.197. The molecule has 0 aliphatic carbocycles. The molecule has 3 aromatic rings. The lowest BCUT2D eigenvalue weighted by Gasteiger charge is -2.16. The van der Waals surface area contributed by atoms with Gasteiger partial charge in [0, 0.05) is 15.6 Å². The summed E-state index contributed by atoms with van der Waals surface area (Å²) in [6.07, 6.45) is 1.49. The Morgan fingerprint density at radius 2 is 1.92 bits per heavy atom. The van der Waals surface area contributed by atoms with Crippen molar-refractivity contribution in [3.8, 4) is 5.69 Å². The van der Waals surface area contributed by atoms with E-state index in [1.807, 2.05) is 6.92 Å². The first-order chi connectivity index (χ1) is 11.5. The molecule has 2 aromatic carbocycles. The summed E-state index contributed by atoms with van der Waals surface area (Å²) in [5.41, 5.74) is 2.11. The van der Waals surface area contributed by atoms with Gasteiger partial charge >= 0.3 is 0 Å². The maximum absolute atomic E-state index is 12.4. The fraction of sp³-hybridized carbons (Fsp3) is 0.125. The van der Waals surface area contributed by atoms with Crippen LogP contribution in [0.25, 0.3) is 5.69 Å². The average Bonchev–Trinajstić information content (AvgIpc) is 3.09. The molecule has 0 saturated carbocycles. The summed E-state index contributed by atoms with van der Waals surface area (Å²) in [4.78, 5) is 12.4. The van der Waals surface area contributed by atoms with Crippen molar-refractivity contribution >= 4 is 29.1 Å². The first kappa shape index (κ1) is 16.4. The van der Waals surface area contributed by atoms with E-state index in [0.717, 1.165) is 11.3 Å². The highest BCUT2D eigenvalue weighted by Gasteiger charge is 2.14. The van der Waals surface area contributed by atoms with Gasteiger partial charge in [-0.15, -0.1) is 5.10 Å². The molecule has 122 valence electrons. The molecule has 0 fully saturated rings. The van der Waals surface area contributed by atoms with Crippen molar-refractivity contribution in [1.82, 2.24) is 25.5 Å². The van der Waals surface area contributed by atoms with E-state index in [9.17, 15) is 4.79 Å². The predicted molar refractivity (Wildman–Crippen MR) is 91.5 cm³/mol. The molecular weight excluding hydrogens is 349 g/mol. The first-order valence-corrected chi connectivity index (χ1v) is 7.89. The number of nitrogens with zero attached hydrogens (tertiary/aromatic N) is 4. The minimum absolute atomic E-state index is 0.197. The summed E-state index contributed by atoms with van der Waals surface area (Å²) >= 11 is 12.1. The van der Waals surface area contributed by atoms with Crippen molar-refractivity contribution < 1.29 is 4.79 Å². The molecule has 1 unspecified atom stereocenters. The Bertz CT molecular complexity index is 849. The van der Waals surface area contributed by atoms with Crippen LogP contribution in [0.2, 0.25) is 10.0 Å². The number of rotatable bonds is 4. The lowest BCUT2D eigenvalue weighted by atomic mass is 10.1. The van der Waals surface area contributed by atoms with Gasteiger partial charge in [0.2, 0.25) is 0 Å². The average molecular weight is 362 g/mol. The molecule has 0 radical (unpaired) electrons. The summed E-state index contributed by atoms with van der Waals surface area (Å²) in [7, 11) is 0. The smallest absolute Gasteiger partial charge is 0.251 e. The molecule has 1 amide bonds. The molecular formula is C16H13Cl2N5O. The number of benzene rings is 2. The summed E-state index contributed by atoms with van der Waals surface area (Å²) < 4.78 is 1.51. The quantitative estimate of drug-likeness (QED) is 0.772. The molecule has 3 rings (SSSR count). The van der Waals surface area contributed by atoms with E-state index in [1.165, 1.54) is 11.0 Å². The van der Waals surface area contributed by atoms with Gasteiger partial charge in [-0.05, 0) is 59.3 Å². The molecule has 1 N–H and O–H groups in total. The van der Waals surface area contributed by atoms with Crippen molar-refractivity contribution in [2.24, 2.45) is 0 Å². The van der Waals surface area contributed by atoms with Gasteiger partial charge in [0.1, 0.15) is 6.33 Å². The third kappa shape index (κ3) is 3.55. The normalized spacial score (nSPS) is 12.0. The minimum Gasteiger partial charge on any atom is -0.345 e. The number of carbonyl (C=O) groups excluding carboxylic acids is 1. The number of aromatic nitrogens is 4. The minimum atomic E-state index is -0.249. The monoisotopic (exact) mass is 361 g/mol. The zero-order valence-corrected chi connectivity index (χ0v) is 14.2. The Labute approximate surface area is 148 Å². The highest BCUT2D eigenvalue weighted by atomic mass is 35.5. The maximum Gasteiger partial charge on any atom is 0.251 e. The van der Waals surface area contributed by atoms with Crippen molar-refractivity contribution in [2.45, 2.75) is 13.0 Å². The van der Waals surface area contributed by atoms with Gasteiger partial charge in [0.05, 0.1) is 11.7 Å². The molecule has 0 aliphatic heterocycles. The van der Waals surface area contributed by atoms with Crippen LogP contribution in [0.5, 0.6) is 0 Å². The van der Waals surface area contributed by atoms with Crippen LogP contribution >= 0.6 is 23.2 Å². The second-order valence-corrected chi connectivity index (χ2v) is 6.01. The largest absolute Gasteiger partial charge is 0.345 e. The third-order valence-corrected chi connectivity index (χ3v) is 4.08. The Hall–Kier alpha value is -2.44. The van der Waals surface area contributed by atoms with Gasteiger partial charge in [0.15, 0.2) is 0 Å². The first-order valence-electron chi connectivity index (χ1n) is 7.14. The molecule has 1 heterocycles. The van der Waals surface area contributed by atoms with Crippen LogP contribution in [0, 0.1) is 0 Å². The summed E-state index contributed by atoms with van der Waals surface area (Å²) in [6.45, 7) is 1.86. The van der Waals surface area contributed by atoms with Crippen molar-refractivity contribution in [2.75, 3.05) is 0 Å². The zero-order chi connectivity index (χ0) is 17.1. The molecule has 0 saturated heterocycles. The number of halogens is 2. The van der Waals surface area contributed by atoms with E-state index < -0.39 is 0 Å². The number of hydrogen-bond acceptors (Lipinski definition) is 4. The van der Waals surface area contributed by atoms with E-state index in [-0.39, 0.29) is 11.9 Å². The number of tetrazole rings is 1. The topological polar surface area (TPSA) is 72.7 Å². The number of carbonyl (C=O) groups is 1. The fourth-order valence-electron chi connectivity index (χ4n) is 2.26. The SMILES string of the molecule is CC(NC(=O)c1ccc(-n2cnnn2)cc1)c1ccc(Cl)cc1Cl. The van der Waals surface area contributed by atoms with E-state index in [2.05, 4.69) is 20.8 Å². The number of amides is 1. The van der Waals surface area contributed by atoms with Crippen LogP contribution in [0.15, 0.2) is 48.8 Å². The van der Waals surface area contributed by atoms with Gasteiger partial charge in [-0.2, -0.15) is 0 Å². The fourth-order valence-corrected chi connectivity index (χ4v) is 2.83. The Morgan fingerprint density at radius 1 is 1.17 bits per heavy atom. The molecule has 1 atom stereocenters. The van der Waals surface area contributed by atoms with Crippen LogP contribution in [-0.2, 0) is 0 Å². The summed E-state index contributed by atoms with van der Waals surface area (Å²) in [5, 5.41) is 14.9. The summed E-state index contributed by atoms with van der Waals surface area (Å²) in [6, 6.07) is 11.9. The van der Waals surface area contributed by atoms with E-state index in [4.69, 9.17) is 23.2 Å². The van der Waals surface area contributed by atoms with Gasteiger partial charge in [-0.1, -0.05) is 29.3 Å². The van der Waals surface area contributed by atoms with Crippen LogP contribution in [0.4, 0.5) is 0 Å². The van der Waals surface area contributed by atoms with Crippen LogP contribution < -0.4 is 5.32 Å². The number of nitrogens with one attached hydrogen (secondary N) is 1. The highest BCUT2D eigenvalue weighted by Crippen LogP contribution is 2.26. The predicted octanol–water partition coefficient (Wildman–Crippen LogP) is 3.46. The van der Waals surface area contributed by atoms with Crippen molar-refractivity contribution in [3.05, 3.63) is 70.0 Å². The van der Waals surface area contributed by atoms with Gasteiger partial charge in [0.25, 0.3) is 5.91 Å². The van der Waals surface area contributed by atoms with Crippen LogP contribution in [0.1, 0.15) is 28.9 Å². The zero-order valence-electron chi connectivity index (χ0n) is 12.6. The Balaban J connectivity index is 1.72. The third-order valence-electron chi connectivity index (χ3n) is 3.52. The molecule has 0 bridgehead atoms. The van der Waals surface area contributed by atoms with E-state index in [1.54, 1.807) is 42.5 Å². The Kier molecular flexibility index (Phi) is 4.78. The van der Waals surface area contributed by atoms with Crippen LogP contribution in [0.3, 0.4) is 0 Å². The molecule has 6 nitrogen and oxygen atoms in total. The highest BCUT2D eigenvalue weighted by molar-refractivity contribution is 6.35. The molecule has 24 heavy (non-hydrogen) atoms.